The molecule has 1 aliphatic heterocycles. The van der Waals surface area contributed by atoms with Crippen LogP contribution in [0.2, 0.25) is 0 Å². The van der Waals surface area contributed by atoms with Gasteiger partial charge in [-0.1, -0.05) is 43.2 Å². The molecule has 1 saturated heterocycles. The van der Waals surface area contributed by atoms with Crippen molar-refractivity contribution in [2.45, 2.75) is 46.3 Å². The largest absolute Gasteiger partial charge is 0.364 e. The Labute approximate surface area is 111 Å². The predicted octanol–water partition coefficient (Wildman–Crippen LogP) is 3.38. The summed E-state index contributed by atoms with van der Waals surface area (Å²) in [4.78, 5) is 0. The lowest BCUT2D eigenvalue weighted by atomic mass is 9.89. The van der Waals surface area contributed by atoms with Crippen LogP contribution in [0.15, 0.2) is 18.2 Å². The molecule has 0 amide bonds. The SMILES string of the molecule is Cc1cc(C)cc(C2CNCC(C)(C(C)C)O2)c1. The molecule has 1 aromatic rings. The van der Waals surface area contributed by atoms with Gasteiger partial charge in [0.15, 0.2) is 0 Å². The van der Waals surface area contributed by atoms with E-state index < -0.39 is 0 Å². The highest BCUT2D eigenvalue weighted by Gasteiger charge is 2.36. The first-order chi connectivity index (χ1) is 8.40. The molecule has 2 atom stereocenters. The molecule has 1 aromatic carbocycles. The summed E-state index contributed by atoms with van der Waals surface area (Å²) in [5.41, 5.74) is 3.85. The minimum atomic E-state index is -0.0689. The second-order valence-corrected chi connectivity index (χ2v) is 6.13. The van der Waals surface area contributed by atoms with E-state index in [4.69, 9.17) is 4.74 Å². The molecule has 0 aliphatic carbocycles. The zero-order valence-corrected chi connectivity index (χ0v) is 12.2. The lowest BCUT2D eigenvalue weighted by Gasteiger charge is -2.42. The maximum atomic E-state index is 6.37. The molecule has 1 fully saturated rings. The number of hydrogen-bond donors (Lipinski definition) is 1. The molecule has 2 nitrogen and oxygen atoms in total. The Morgan fingerprint density at radius 3 is 2.39 bits per heavy atom. The van der Waals surface area contributed by atoms with Gasteiger partial charge in [-0.3, -0.25) is 0 Å². The third-order valence-corrected chi connectivity index (χ3v) is 4.05. The van der Waals surface area contributed by atoms with E-state index >= 15 is 0 Å². The van der Waals surface area contributed by atoms with E-state index in [2.05, 4.69) is 58.1 Å². The smallest absolute Gasteiger partial charge is 0.0957 e. The van der Waals surface area contributed by atoms with Crippen molar-refractivity contribution in [2.75, 3.05) is 13.1 Å². The normalized spacial score (nSPS) is 28.7. The van der Waals surface area contributed by atoms with E-state index in [0.717, 1.165) is 13.1 Å². The van der Waals surface area contributed by atoms with Gasteiger partial charge in [0.2, 0.25) is 0 Å². The molecule has 2 heteroatoms. The van der Waals surface area contributed by atoms with Gasteiger partial charge in [-0.05, 0) is 32.3 Å². The molecule has 2 unspecified atom stereocenters. The molecule has 0 saturated carbocycles. The summed E-state index contributed by atoms with van der Waals surface area (Å²) in [5, 5.41) is 3.52. The summed E-state index contributed by atoms with van der Waals surface area (Å²) in [6, 6.07) is 6.69. The molecule has 0 spiro atoms. The van der Waals surface area contributed by atoms with E-state index in [1.165, 1.54) is 16.7 Å². The molecule has 0 aromatic heterocycles. The summed E-state index contributed by atoms with van der Waals surface area (Å²) in [6.45, 7) is 12.8. The summed E-state index contributed by atoms with van der Waals surface area (Å²) in [5.74, 6) is 0.513. The Kier molecular flexibility index (Phi) is 3.79. The topological polar surface area (TPSA) is 21.3 Å². The standard InChI is InChI=1S/C16H25NO/c1-11(2)16(5)10-17-9-15(18-16)14-7-12(3)6-13(4)8-14/h6-8,11,15,17H,9-10H2,1-5H3. The number of morpholine rings is 1. The van der Waals surface area contributed by atoms with Crippen LogP contribution in [0.1, 0.15) is 43.6 Å². The van der Waals surface area contributed by atoms with E-state index in [-0.39, 0.29) is 11.7 Å². The minimum Gasteiger partial charge on any atom is -0.364 e. The maximum absolute atomic E-state index is 6.37. The van der Waals surface area contributed by atoms with E-state index in [1.807, 2.05) is 0 Å². The average Bonchev–Trinajstić information content (AvgIpc) is 2.27. The Morgan fingerprint density at radius 1 is 1.22 bits per heavy atom. The Hall–Kier alpha value is -0.860. The maximum Gasteiger partial charge on any atom is 0.0957 e. The second kappa shape index (κ2) is 5.02. The van der Waals surface area contributed by atoms with Gasteiger partial charge in [-0.25, -0.2) is 0 Å². The fourth-order valence-electron chi connectivity index (χ4n) is 2.58. The first-order valence-electron chi connectivity index (χ1n) is 6.87. The van der Waals surface area contributed by atoms with Crippen LogP contribution in [0.25, 0.3) is 0 Å². The fraction of sp³-hybridized carbons (Fsp3) is 0.625. The lowest BCUT2D eigenvalue weighted by molar-refractivity contribution is -0.132. The van der Waals surface area contributed by atoms with Crippen molar-refractivity contribution in [3.63, 3.8) is 0 Å². The van der Waals surface area contributed by atoms with Crippen LogP contribution in [-0.2, 0) is 4.74 Å². The molecule has 1 heterocycles. The quantitative estimate of drug-likeness (QED) is 0.865. The summed E-state index contributed by atoms with van der Waals surface area (Å²) in [7, 11) is 0. The van der Waals surface area contributed by atoms with Crippen molar-refractivity contribution < 1.29 is 4.74 Å². The molecular formula is C16H25NO. The molecule has 100 valence electrons. The van der Waals surface area contributed by atoms with Gasteiger partial charge < -0.3 is 10.1 Å². The summed E-state index contributed by atoms with van der Waals surface area (Å²) < 4.78 is 6.37. The van der Waals surface area contributed by atoms with E-state index in [1.54, 1.807) is 0 Å². The number of ether oxygens (including phenoxy) is 1. The van der Waals surface area contributed by atoms with Crippen LogP contribution >= 0.6 is 0 Å². The van der Waals surface area contributed by atoms with Crippen LogP contribution in [-0.4, -0.2) is 18.7 Å². The van der Waals surface area contributed by atoms with Gasteiger partial charge in [-0.2, -0.15) is 0 Å². The fourth-order valence-corrected chi connectivity index (χ4v) is 2.58. The van der Waals surface area contributed by atoms with Gasteiger partial charge >= 0.3 is 0 Å². The highest BCUT2D eigenvalue weighted by molar-refractivity contribution is 5.30. The lowest BCUT2D eigenvalue weighted by Crippen LogP contribution is -2.52. The predicted molar refractivity (Wildman–Crippen MR) is 75.9 cm³/mol. The molecule has 1 N–H and O–H groups in total. The third kappa shape index (κ3) is 2.76. The number of aryl methyl sites for hydroxylation is 2. The second-order valence-electron chi connectivity index (χ2n) is 6.13. The van der Waals surface area contributed by atoms with Crippen LogP contribution in [0.3, 0.4) is 0 Å². The van der Waals surface area contributed by atoms with Crippen molar-refractivity contribution in [1.29, 1.82) is 0 Å². The van der Waals surface area contributed by atoms with E-state index in [0.29, 0.717) is 5.92 Å². The number of rotatable bonds is 2. The number of hydrogen-bond acceptors (Lipinski definition) is 2. The minimum absolute atomic E-state index is 0.0689. The Bertz CT molecular complexity index is 407. The molecule has 0 radical (unpaired) electrons. The molecule has 2 rings (SSSR count). The Balaban J connectivity index is 2.23. The van der Waals surface area contributed by atoms with Crippen LogP contribution in [0.5, 0.6) is 0 Å². The van der Waals surface area contributed by atoms with E-state index in [9.17, 15) is 0 Å². The highest BCUT2D eigenvalue weighted by atomic mass is 16.5. The van der Waals surface area contributed by atoms with Crippen molar-refractivity contribution in [3.05, 3.63) is 34.9 Å². The molecule has 0 bridgehead atoms. The van der Waals surface area contributed by atoms with Gasteiger partial charge in [0.05, 0.1) is 11.7 Å². The van der Waals surface area contributed by atoms with Gasteiger partial charge in [0.1, 0.15) is 0 Å². The summed E-state index contributed by atoms with van der Waals surface area (Å²) in [6.07, 6.45) is 0.171. The summed E-state index contributed by atoms with van der Waals surface area (Å²) >= 11 is 0. The highest BCUT2D eigenvalue weighted by Crippen LogP contribution is 2.32. The zero-order valence-electron chi connectivity index (χ0n) is 12.2. The Morgan fingerprint density at radius 2 is 1.83 bits per heavy atom. The molecule has 1 aliphatic rings. The van der Waals surface area contributed by atoms with Crippen molar-refractivity contribution in [1.82, 2.24) is 5.32 Å². The third-order valence-electron chi connectivity index (χ3n) is 4.05. The van der Waals surface area contributed by atoms with Crippen molar-refractivity contribution >= 4 is 0 Å². The van der Waals surface area contributed by atoms with Crippen molar-refractivity contribution in [3.8, 4) is 0 Å². The number of benzene rings is 1. The first-order valence-corrected chi connectivity index (χ1v) is 6.87. The van der Waals surface area contributed by atoms with Gasteiger partial charge in [-0.15, -0.1) is 0 Å². The molecule has 18 heavy (non-hydrogen) atoms. The van der Waals surface area contributed by atoms with Gasteiger partial charge in [0, 0.05) is 13.1 Å². The molecular weight excluding hydrogens is 222 g/mol. The van der Waals surface area contributed by atoms with Crippen molar-refractivity contribution in [2.24, 2.45) is 5.92 Å². The zero-order chi connectivity index (χ0) is 13.3. The van der Waals surface area contributed by atoms with Crippen LogP contribution in [0.4, 0.5) is 0 Å². The van der Waals surface area contributed by atoms with Gasteiger partial charge in [0.25, 0.3) is 0 Å². The van der Waals surface area contributed by atoms with Crippen LogP contribution < -0.4 is 5.32 Å². The first kappa shape index (κ1) is 13.6. The average molecular weight is 247 g/mol. The monoisotopic (exact) mass is 247 g/mol. The number of nitrogens with one attached hydrogen (secondary N) is 1. The van der Waals surface area contributed by atoms with Crippen LogP contribution in [0, 0.1) is 19.8 Å².